The normalized spacial score (nSPS) is 16.1. The van der Waals surface area contributed by atoms with Gasteiger partial charge in [-0.2, -0.15) is 0 Å². The van der Waals surface area contributed by atoms with Gasteiger partial charge in [-0.05, 0) is 35.8 Å². The quantitative estimate of drug-likeness (QED) is 0.845. The lowest BCUT2D eigenvalue weighted by atomic mass is 10.2. The molecule has 0 saturated heterocycles. The first-order chi connectivity index (χ1) is 8.43. The zero-order valence-electron chi connectivity index (χ0n) is 12.7. The minimum absolute atomic E-state index is 0.200. The second kappa shape index (κ2) is 5.38. The first kappa shape index (κ1) is 16.4. The Bertz CT molecular complexity index is 528. The molecule has 0 radical (unpaired) electrons. The molecule has 108 valence electrons. The molecule has 0 saturated carbocycles. The van der Waals surface area contributed by atoms with Gasteiger partial charge >= 0.3 is 0 Å². The third kappa shape index (κ3) is 4.44. The fourth-order valence-electron chi connectivity index (χ4n) is 1.33. The molecule has 0 aliphatic rings. The molecule has 3 nitrogen and oxygen atoms in total. The highest BCUT2D eigenvalue weighted by Gasteiger charge is 2.36. The van der Waals surface area contributed by atoms with Crippen LogP contribution in [-0.2, 0) is 20.8 Å². The van der Waals surface area contributed by atoms with Crippen LogP contribution in [0, 0.1) is 4.78 Å². The topological polar surface area (TPSA) is 50.1 Å². The van der Waals surface area contributed by atoms with E-state index in [1.165, 1.54) is 6.26 Å². The summed E-state index contributed by atoms with van der Waals surface area (Å²) < 4.78 is 25.2. The maximum Gasteiger partial charge on any atom is 0.192 e. The summed E-state index contributed by atoms with van der Waals surface area (Å²) in [5.41, 5.74) is 1.07. The zero-order chi connectivity index (χ0) is 14.9. The molecule has 0 spiro atoms. The Morgan fingerprint density at radius 1 is 1.21 bits per heavy atom. The lowest BCUT2D eigenvalue weighted by Gasteiger charge is -2.36. The summed E-state index contributed by atoms with van der Waals surface area (Å²) in [7, 11) is -4.35. The Balaban J connectivity index is 2.76. The van der Waals surface area contributed by atoms with Gasteiger partial charge in [0.15, 0.2) is 8.32 Å². The van der Waals surface area contributed by atoms with Gasteiger partial charge in [0.25, 0.3) is 0 Å². The third-order valence-electron chi connectivity index (χ3n) is 3.78. The van der Waals surface area contributed by atoms with Crippen LogP contribution in [0.25, 0.3) is 0 Å². The van der Waals surface area contributed by atoms with Crippen molar-refractivity contribution in [3.05, 3.63) is 29.8 Å². The number of hydrogen-bond donors (Lipinski definition) is 1. The SMILES string of the molecule is CC(C)(C)[Si](C)(C)OCc1ccc(S(C)(=N)=O)cc1. The van der Waals surface area contributed by atoms with Crippen molar-refractivity contribution in [3.63, 3.8) is 0 Å². The van der Waals surface area contributed by atoms with E-state index in [0.29, 0.717) is 11.5 Å². The van der Waals surface area contributed by atoms with Gasteiger partial charge < -0.3 is 4.43 Å². The van der Waals surface area contributed by atoms with Crippen LogP contribution in [0.15, 0.2) is 29.2 Å². The molecule has 0 heterocycles. The van der Waals surface area contributed by atoms with Crippen LogP contribution in [0.3, 0.4) is 0 Å². The Hall–Kier alpha value is -0.653. The molecule has 5 heteroatoms. The van der Waals surface area contributed by atoms with Gasteiger partial charge in [-0.3, -0.25) is 0 Å². The first-order valence-corrected chi connectivity index (χ1v) is 11.3. The van der Waals surface area contributed by atoms with E-state index in [2.05, 4.69) is 33.9 Å². The van der Waals surface area contributed by atoms with Gasteiger partial charge in [0.1, 0.15) is 0 Å². The molecule has 0 aliphatic heterocycles. The Morgan fingerprint density at radius 2 is 1.68 bits per heavy atom. The smallest absolute Gasteiger partial charge is 0.192 e. The second-order valence-corrected chi connectivity index (χ2v) is 13.5. The highest BCUT2D eigenvalue weighted by atomic mass is 32.2. The van der Waals surface area contributed by atoms with Crippen molar-refractivity contribution in [1.29, 1.82) is 4.78 Å². The monoisotopic (exact) mass is 299 g/mol. The highest BCUT2D eigenvalue weighted by molar-refractivity contribution is 7.91. The molecule has 1 unspecified atom stereocenters. The Kier molecular flexibility index (Phi) is 4.65. The van der Waals surface area contributed by atoms with Crippen LogP contribution >= 0.6 is 0 Å². The molecule has 0 aromatic heterocycles. The number of hydrogen-bond acceptors (Lipinski definition) is 3. The molecule has 0 amide bonds. The van der Waals surface area contributed by atoms with Crippen LogP contribution in [0.5, 0.6) is 0 Å². The van der Waals surface area contributed by atoms with Gasteiger partial charge in [0.2, 0.25) is 0 Å². The fourth-order valence-corrected chi connectivity index (χ4v) is 2.94. The maximum absolute atomic E-state index is 11.6. The van der Waals surface area contributed by atoms with Crippen molar-refractivity contribution >= 4 is 18.0 Å². The van der Waals surface area contributed by atoms with Gasteiger partial charge in [-0.15, -0.1) is 0 Å². The predicted octanol–water partition coefficient (Wildman–Crippen LogP) is 4.24. The van der Waals surface area contributed by atoms with Crippen molar-refractivity contribution in [3.8, 4) is 0 Å². The summed E-state index contributed by atoms with van der Waals surface area (Å²) in [5.74, 6) is 0. The van der Waals surface area contributed by atoms with Crippen LogP contribution < -0.4 is 0 Å². The average Bonchev–Trinajstić information content (AvgIpc) is 2.24. The second-order valence-electron chi connectivity index (χ2n) is 6.54. The average molecular weight is 300 g/mol. The summed E-state index contributed by atoms with van der Waals surface area (Å²) in [4.78, 5) is 0.573. The van der Waals surface area contributed by atoms with Crippen molar-refractivity contribution in [1.82, 2.24) is 0 Å². The van der Waals surface area contributed by atoms with Gasteiger partial charge in [0.05, 0.1) is 16.3 Å². The number of nitrogens with one attached hydrogen (secondary N) is 1. The molecule has 1 aromatic rings. The minimum atomic E-state index is -2.62. The van der Waals surface area contributed by atoms with E-state index in [-0.39, 0.29) is 5.04 Å². The lowest BCUT2D eigenvalue weighted by Crippen LogP contribution is -2.40. The number of rotatable bonds is 4. The van der Waals surface area contributed by atoms with E-state index in [1.54, 1.807) is 12.1 Å². The van der Waals surface area contributed by atoms with Crippen molar-refractivity contribution in [2.45, 2.75) is 50.4 Å². The van der Waals surface area contributed by atoms with Crippen LogP contribution in [-0.4, -0.2) is 18.8 Å². The molecular weight excluding hydrogens is 274 g/mol. The van der Waals surface area contributed by atoms with Crippen molar-refractivity contribution < 1.29 is 8.63 Å². The Morgan fingerprint density at radius 3 is 2.05 bits per heavy atom. The molecule has 1 N–H and O–H groups in total. The molecule has 0 fully saturated rings. The lowest BCUT2D eigenvalue weighted by molar-refractivity contribution is 0.276. The Labute approximate surface area is 118 Å². The summed E-state index contributed by atoms with van der Waals surface area (Å²) in [6.07, 6.45) is 1.44. The molecule has 19 heavy (non-hydrogen) atoms. The molecule has 1 aromatic carbocycles. The van der Waals surface area contributed by atoms with Crippen LogP contribution in [0.4, 0.5) is 0 Å². The van der Waals surface area contributed by atoms with Crippen LogP contribution in [0.1, 0.15) is 26.3 Å². The zero-order valence-corrected chi connectivity index (χ0v) is 14.6. The third-order valence-corrected chi connectivity index (χ3v) is 9.43. The van der Waals surface area contributed by atoms with E-state index >= 15 is 0 Å². The minimum Gasteiger partial charge on any atom is -0.413 e. The molecule has 1 rings (SSSR count). The van der Waals surface area contributed by atoms with Crippen LogP contribution in [0.2, 0.25) is 18.1 Å². The van der Waals surface area contributed by atoms with Gasteiger partial charge in [-0.25, -0.2) is 8.99 Å². The summed E-state index contributed by atoms with van der Waals surface area (Å²) >= 11 is 0. The highest BCUT2D eigenvalue weighted by Crippen LogP contribution is 2.37. The maximum atomic E-state index is 11.6. The first-order valence-electron chi connectivity index (χ1n) is 6.40. The largest absolute Gasteiger partial charge is 0.413 e. The summed E-state index contributed by atoms with van der Waals surface area (Å²) in [6, 6.07) is 7.33. The van der Waals surface area contributed by atoms with Crippen molar-refractivity contribution in [2.24, 2.45) is 0 Å². The predicted molar refractivity (Wildman–Crippen MR) is 83.5 cm³/mol. The van der Waals surface area contributed by atoms with E-state index in [9.17, 15) is 4.21 Å². The molecule has 1 atom stereocenters. The van der Waals surface area contributed by atoms with E-state index in [1.807, 2.05) is 12.1 Å². The summed E-state index contributed by atoms with van der Waals surface area (Å²) in [6.45, 7) is 11.7. The molecule has 0 aliphatic carbocycles. The summed E-state index contributed by atoms with van der Waals surface area (Å²) in [5, 5.41) is 0.200. The van der Waals surface area contributed by atoms with E-state index in [4.69, 9.17) is 9.21 Å². The fraction of sp³-hybridized carbons (Fsp3) is 0.571. The van der Waals surface area contributed by atoms with E-state index < -0.39 is 18.0 Å². The van der Waals surface area contributed by atoms with Gasteiger partial charge in [-0.1, -0.05) is 32.9 Å². The van der Waals surface area contributed by atoms with Crippen molar-refractivity contribution in [2.75, 3.05) is 6.26 Å². The van der Waals surface area contributed by atoms with Gasteiger partial charge in [0, 0.05) is 11.2 Å². The number of benzene rings is 1. The van der Waals surface area contributed by atoms with E-state index in [0.717, 1.165) is 5.56 Å². The molecular formula is C14H25NO2SSi. The standard InChI is InChI=1S/C14H25NO2SSi/c1-14(2,3)19(5,6)17-11-12-7-9-13(10-8-12)18(4,15)16/h7-10,15H,11H2,1-6H3. The molecule has 0 bridgehead atoms.